The first kappa shape index (κ1) is 8.99. The summed E-state index contributed by atoms with van der Waals surface area (Å²) in [6.45, 7) is 0.243. The first-order valence-electron chi connectivity index (χ1n) is 3.69. The number of ether oxygens (including phenoxy) is 1. The molecule has 1 atom stereocenters. The molecule has 0 spiro atoms. The molecular formula is C7H11NO4. The molecule has 12 heavy (non-hydrogen) atoms. The predicted molar refractivity (Wildman–Crippen MR) is 39.6 cm³/mol. The van der Waals surface area contributed by atoms with Gasteiger partial charge in [0.1, 0.15) is 12.7 Å². The van der Waals surface area contributed by atoms with Crippen molar-refractivity contribution in [1.82, 2.24) is 4.90 Å². The van der Waals surface area contributed by atoms with Gasteiger partial charge in [-0.1, -0.05) is 0 Å². The molecule has 1 aliphatic rings. The topological polar surface area (TPSA) is 66.8 Å². The van der Waals surface area contributed by atoms with Gasteiger partial charge < -0.3 is 14.7 Å². The van der Waals surface area contributed by atoms with E-state index in [2.05, 4.69) is 0 Å². The van der Waals surface area contributed by atoms with E-state index in [4.69, 9.17) is 9.84 Å². The average Bonchev–Trinajstić information content (AvgIpc) is 2.30. The summed E-state index contributed by atoms with van der Waals surface area (Å²) < 4.78 is 4.86. The van der Waals surface area contributed by atoms with Gasteiger partial charge in [-0.25, -0.2) is 4.79 Å². The van der Waals surface area contributed by atoms with Crippen LogP contribution in [0, 0.1) is 0 Å². The smallest absolute Gasteiger partial charge is 0.329 e. The Morgan fingerprint density at radius 1 is 1.83 bits per heavy atom. The second kappa shape index (κ2) is 3.53. The van der Waals surface area contributed by atoms with Gasteiger partial charge in [0, 0.05) is 20.0 Å². The molecular weight excluding hydrogens is 162 g/mol. The Bertz CT molecular complexity index is 204. The van der Waals surface area contributed by atoms with Crippen LogP contribution in [0.4, 0.5) is 0 Å². The number of nitrogens with zero attached hydrogens (tertiary/aromatic N) is 1. The third-order valence-corrected chi connectivity index (χ3v) is 1.79. The van der Waals surface area contributed by atoms with Crippen LogP contribution in [0.5, 0.6) is 0 Å². The Morgan fingerprint density at radius 3 is 2.92 bits per heavy atom. The van der Waals surface area contributed by atoms with Crippen LogP contribution in [0.2, 0.25) is 0 Å². The minimum atomic E-state index is -1.04. The van der Waals surface area contributed by atoms with Crippen LogP contribution in [0.15, 0.2) is 0 Å². The van der Waals surface area contributed by atoms with E-state index < -0.39 is 18.7 Å². The molecule has 68 valence electrons. The number of carboxylic acid groups (broad SMARTS) is 1. The summed E-state index contributed by atoms with van der Waals surface area (Å²) in [5.74, 6) is -1.17. The highest BCUT2D eigenvalue weighted by molar-refractivity contribution is 5.83. The van der Waals surface area contributed by atoms with Gasteiger partial charge in [0.05, 0.1) is 0 Å². The van der Waals surface area contributed by atoms with E-state index in [0.29, 0.717) is 13.0 Å². The van der Waals surface area contributed by atoms with Crippen molar-refractivity contribution < 1.29 is 19.4 Å². The summed E-state index contributed by atoms with van der Waals surface area (Å²) >= 11 is 0. The molecule has 1 heterocycles. The van der Waals surface area contributed by atoms with Crippen LogP contribution in [0.25, 0.3) is 0 Å². The molecule has 0 radical (unpaired) electrons. The van der Waals surface area contributed by atoms with Gasteiger partial charge >= 0.3 is 5.97 Å². The van der Waals surface area contributed by atoms with Crippen molar-refractivity contribution in [3.63, 3.8) is 0 Å². The number of hydrogen-bond donors (Lipinski definition) is 1. The lowest BCUT2D eigenvalue weighted by atomic mass is 10.3. The molecule has 1 fully saturated rings. The summed E-state index contributed by atoms with van der Waals surface area (Å²) in [6, 6.07) is 0. The number of carbonyl (C=O) groups excluding carboxylic acids is 1. The SMILES string of the molecule is CN1CCC(OCC(=O)O)C1=O. The van der Waals surface area contributed by atoms with E-state index in [1.807, 2.05) is 0 Å². The normalized spacial score (nSPS) is 23.2. The zero-order valence-corrected chi connectivity index (χ0v) is 6.82. The first-order valence-corrected chi connectivity index (χ1v) is 3.69. The third-order valence-electron chi connectivity index (χ3n) is 1.79. The van der Waals surface area contributed by atoms with Crippen LogP contribution in [-0.4, -0.2) is 48.2 Å². The Morgan fingerprint density at radius 2 is 2.50 bits per heavy atom. The fourth-order valence-electron chi connectivity index (χ4n) is 1.12. The molecule has 1 unspecified atom stereocenters. The van der Waals surface area contributed by atoms with Crippen LogP contribution in [0.1, 0.15) is 6.42 Å². The average molecular weight is 173 g/mol. The van der Waals surface area contributed by atoms with Crippen molar-refractivity contribution in [2.24, 2.45) is 0 Å². The molecule has 1 amide bonds. The molecule has 0 aromatic carbocycles. The number of carboxylic acids is 1. The Labute approximate surface area is 69.9 Å². The molecule has 0 saturated carbocycles. The number of likely N-dealkylation sites (tertiary alicyclic amines) is 1. The van der Waals surface area contributed by atoms with Gasteiger partial charge in [-0.3, -0.25) is 4.79 Å². The number of carbonyl (C=O) groups is 2. The summed E-state index contributed by atoms with van der Waals surface area (Å²) in [6.07, 6.45) is 0.0360. The number of hydrogen-bond acceptors (Lipinski definition) is 3. The maximum Gasteiger partial charge on any atom is 0.329 e. The third kappa shape index (κ3) is 1.94. The lowest BCUT2D eigenvalue weighted by Gasteiger charge is -2.09. The minimum Gasteiger partial charge on any atom is -0.480 e. The molecule has 1 rings (SSSR count). The van der Waals surface area contributed by atoms with Crippen molar-refractivity contribution >= 4 is 11.9 Å². The summed E-state index contributed by atoms with van der Waals surface area (Å²) in [7, 11) is 1.67. The molecule has 1 aliphatic heterocycles. The lowest BCUT2D eigenvalue weighted by Crippen LogP contribution is -2.28. The van der Waals surface area contributed by atoms with Gasteiger partial charge in [-0.05, 0) is 0 Å². The molecule has 0 aromatic rings. The second-order valence-electron chi connectivity index (χ2n) is 2.74. The fraction of sp³-hybridized carbons (Fsp3) is 0.714. The molecule has 5 nitrogen and oxygen atoms in total. The van der Waals surface area contributed by atoms with E-state index in [0.717, 1.165) is 0 Å². The quantitative estimate of drug-likeness (QED) is 0.614. The summed E-state index contributed by atoms with van der Waals surface area (Å²) in [4.78, 5) is 22.8. The number of amides is 1. The number of rotatable bonds is 3. The van der Waals surface area contributed by atoms with E-state index in [9.17, 15) is 9.59 Å². The van der Waals surface area contributed by atoms with Crippen LogP contribution in [0.3, 0.4) is 0 Å². The molecule has 1 N–H and O–H groups in total. The van der Waals surface area contributed by atoms with Crippen molar-refractivity contribution in [1.29, 1.82) is 0 Å². The Hall–Kier alpha value is -1.10. The van der Waals surface area contributed by atoms with Crippen molar-refractivity contribution in [3.05, 3.63) is 0 Å². The molecule has 1 saturated heterocycles. The van der Waals surface area contributed by atoms with Gasteiger partial charge in [0.25, 0.3) is 5.91 Å². The monoisotopic (exact) mass is 173 g/mol. The number of likely N-dealkylation sites (N-methyl/N-ethyl adjacent to an activating group) is 1. The Kier molecular flexibility index (Phi) is 2.65. The van der Waals surface area contributed by atoms with Gasteiger partial charge in [0.15, 0.2) is 0 Å². The van der Waals surface area contributed by atoms with E-state index >= 15 is 0 Å². The second-order valence-corrected chi connectivity index (χ2v) is 2.74. The zero-order valence-electron chi connectivity index (χ0n) is 6.82. The largest absolute Gasteiger partial charge is 0.480 e. The van der Waals surface area contributed by atoms with E-state index in [-0.39, 0.29) is 5.91 Å². The maximum absolute atomic E-state index is 11.1. The highest BCUT2D eigenvalue weighted by atomic mass is 16.5. The maximum atomic E-state index is 11.1. The van der Waals surface area contributed by atoms with Crippen LogP contribution >= 0.6 is 0 Å². The van der Waals surface area contributed by atoms with Gasteiger partial charge in [-0.15, -0.1) is 0 Å². The minimum absolute atomic E-state index is 0.128. The molecule has 0 bridgehead atoms. The summed E-state index contributed by atoms with van der Waals surface area (Å²) in [5.41, 5.74) is 0. The molecule has 0 aromatic heterocycles. The lowest BCUT2D eigenvalue weighted by molar-refractivity contribution is -0.148. The van der Waals surface area contributed by atoms with E-state index in [1.54, 1.807) is 7.05 Å². The van der Waals surface area contributed by atoms with Crippen molar-refractivity contribution in [2.45, 2.75) is 12.5 Å². The van der Waals surface area contributed by atoms with Crippen molar-refractivity contribution in [2.75, 3.05) is 20.2 Å². The Balaban J connectivity index is 2.34. The number of aliphatic carboxylic acids is 1. The highest BCUT2D eigenvalue weighted by Gasteiger charge is 2.29. The van der Waals surface area contributed by atoms with Gasteiger partial charge in [-0.2, -0.15) is 0 Å². The summed E-state index contributed by atoms with van der Waals surface area (Å²) in [5, 5.41) is 8.28. The first-order chi connectivity index (χ1) is 5.61. The van der Waals surface area contributed by atoms with Crippen molar-refractivity contribution in [3.8, 4) is 0 Å². The molecule has 0 aliphatic carbocycles. The van der Waals surface area contributed by atoms with E-state index in [1.165, 1.54) is 4.90 Å². The highest BCUT2D eigenvalue weighted by Crippen LogP contribution is 2.11. The van der Waals surface area contributed by atoms with Crippen LogP contribution < -0.4 is 0 Å². The van der Waals surface area contributed by atoms with Crippen LogP contribution in [-0.2, 0) is 14.3 Å². The fourth-order valence-corrected chi connectivity index (χ4v) is 1.12. The van der Waals surface area contributed by atoms with Gasteiger partial charge in [0.2, 0.25) is 0 Å². The zero-order chi connectivity index (χ0) is 9.14. The standard InChI is InChI=1S/C7H11NO4/c1-8-3-2-5(7(8)11)12-4-6(9)10/h5H,2-4H2,1H3,(H,9,10). The molecule has 5 heteroatoms. The predicted octanol–water partition coefficient (Wildman–Crippen LogP) is -0.682.